The van der Waals surface area contributed by atoms with Gasteiger partial charge in [0.1, 0.15) is 5.82 Å². The van der Waals surface area contributed by atoms with E-state index in [1.807, 2.05) is 6.92 Å². The van der Waals surface area contributed by atoms with Crippen molar-refractivity contribution >= 4 is 11.6 Å². The van der Waals surface area contributed by atoms with Crippen LogP contribution in [0.3, 0.4) is 0 Å². The molecule has 112 valence electrons. The highest BCUT2D eigenvalue weighted by molar-refractivity contribution is 5.99. The van der Waals surface area contributed by atoms with Crippen molar-refractivity contribution in [3.05, 3.63) is 29.6 Å². The molecular formula is C13H16F4N2O. The molecule has 20 heavy (non-hydrogen) atoms. The molecule has 0 atom stereocenters. The Kier molecular flexibility index (Phi) is 5.79. The van der Waals surface area contributed by atoms with E-state index in [0.29, 0.717) is 6.54 Å². The number of para-hydroxylation sites is 1. The van der Waals surface area contributed by atoms with Crippen LogP contribution in [-0.2, 0) is 0 Å². The fourth-order valence-corrected chi connectivity index (χ4v) is 1.56. The molecule has 0 aromatic heterocycles. The summed E-state index contributed by atoms with van der Waals surface area (Å²) >= 11 is 0. The van der Waals surface area contributed by atoms with Gasteiger partial charge in [0.2, 0.25) is 0 Å². The van der Waals surface area contributed by atoms with Crippen LogP contribution in [0.15, 0.2) is 18.2 Å². The highest BCUT2D eigenvalue weighted by Crippen LogP contribution is 2.21. The molecule has 0 fully saturated rings. The van der Waals surface area contributed by atoms with Crippen LogP contribution in [0.5, 0.6) is 0 Å². The van der Waals surface area contributed by atoms with Crippen LogP contribution < -0.4 is 10.6 Å². The Balaban J connectivity index is 2.74. The van der Waals surface area contributed by atoms with E-state index in [2.05, 4.69) is 10.6 Å². The van der Waals surface area contributed by atoms with Gasteiger partial charge < -0.3 is 10.6 Å². The van der Waals surface area contributed by atoms with Gasteiger partial charge in [-0.3, -0.25) is 4.79 Å². The van der Waals surface area contributed by atoms with Gasteiger partial charge in [0.05, 0.1) is 17.7 Å². The molecule has 0 aliphatic heterocycles. The molecule has 0 saturated carbocycles. The molecule has 0 aliphatic rings. The minimum atomic E-state index is -4.33. The first kappa shape index (κ1) is 16.3. The van der Waals surface area contributed by atoms with E-state index in [1.165, 1.54) is 18.2 Å². The molecule has 0 aliphatic carbocycles. The van der Waals surface area contributed by atoms with Crippen LogP contribution in [0.1, 0.15) is 30.1 Å². The van der Waals surface area contributed by atoms with Crippen LogP contribution in [-0.4, -0.2) is 25.2 Å². The third-order valence-corrected chi connectivity index (χ3v) is 2.50. The summed E-state index contributed by atoms with van der Waals surface area (Å²) in [4.78, 5) is 11.8. The maximum atomic E-state index is 13.6. The Morgan fingerprint density at radius 2 is 1.95 bits per heavy atom. The van der Waals surface area contributed by atoms with E-state index in [4.69, 9.17) is 0 Å². The molecule has 7 heteroatoms. The van der Waals surface area contributed by atoms with Gasteiger partial charge >= 0.3 is 6.18 Å². The number of hydrogen-bond acceptors (Lipinski definition) is 2. The zero-order valence-corrected chi connectivity index (χ0v) is 11.0. The first-order chi connectivity index (χ1) is 9.35. The third kappa shape index (κ3) is 5.07. The van der Waals surface area contributed by atoms with Crippen molar-refractivity contribution in [2.24, 2.45) is 0 Å². The number of carbonyl (C=O) groups excluding carboxylic acids is 1. The average molecular weight is 292 g/mol. The molecule has 2 N–H and O–H groups in total. The summed E-state index contributed by atoms with van der Waals surface area (Å²) < 4.78 is 49.6. The molecule has 1 aromatic rings. The molecule has 0 unspecified atom stereocenters. The summed E-state index contributed by atoms with van der Waals surface area (Å²) in [6, 6.07) is 3.89. The van der Waals surface area contributed by atoms with E-state index in [-0.39, 0.29) is 11.3 Å². The topological polar surface area (TPSA) is 41.1 Å². The highest BCUT2D eigenvalue weighted by atomic mass is 19.4. The van der Waals surface area contributed by atoms with Crippen LogP contribution in [0, 0.1) is 5.82 Å². The van der Waals surface area contributed by atoms with Crippen LogP contribution in [0.25, 0.3) is 0 Å². The van der Waals surface area contributed by atoms with Gasteiger partial charge in [-0.1, -0.05) is 13.0 Å². The molecular weight excluding hydrogens is 276 g/mol. The summed E-state index contributed by atoms with van der Waals surface area (Å²) in [5, 5.41) is 4.89. The second-order valence-electron chi connectivity index (χ2n) is 4.21. The number of carbonyl (C=O) groups is 1. The molecule has 0 bridgehead atoms. The molecule has 0 radical (unpaired) electrons. The number of amides is 1. The van der Waals surface area contributed by atoms with Crippen molar-refractivity contribution in [1.29, 1.82) is 0 Å². The Hall–Kier alpha value is -1.79. The third-order valence-electron chi connectivity index (χ3n) is 2.50. The molecule has 0 heterocycles. The number of hydrogen-bond donors (Lipinski definition) is 2. The van der Waals surface area contributed by atoms with Gasteiger partial charge in [-0.2, -0.15) is 13.2 Å². The maximum Gasteiger partial charge on any atom is 0.390 e. The van der Waals surface area contributed by atoms with Crippen molar-refractivity contribution in [2.75, 3.05) is 18.4 Å². The van der Waals surface area contributed by atoms with Crippen molar-refractivity contribution in [1.82, 2.24) is 5.32 Å². The molecule has 1 amide bonds. The minimum Gasteiger partial charge on any atom is -0.382 e. The normalized spacial score (nSPS) is 11.2. The number of nitrogens with one attached hydrogen (secondary N) is 2. The van der Waals surface area contributed by atoms with E-state index < -0.39 is 30.9 Å². The second kappa shape index (κ2) is 7.12. The molecule has 0 spiro atoms. The first-order valence-corrected chi connectivity index (χ1v) is 6.22. The smallest absolute Gasteiger partial charge is 0.382 e. The van der Waals surface area contributed by atoms with E-state index in [0.717, 1.165) is 6.42 Å². The Labute approximate surface area is 114 Å². The highest BCUT2D eigenvalue weighted by Gasteiger charge is 2.26. The quantitative estimate of drug-likeness (QED) is 0.790. The van der Waals surface area contributed by atoms with Crippen molar-refractivity contribution in [2.45, 2.75) is 25.9 Å². The monoisotopic (exact) mass is 292 g/mol. The SMILES string of the molecule is CCCNc1c(F)cccc1C(=O)NCCC(F)(F)F. The van der Waals surface area contributed by atoms with Crippen molar-refractivity contribution in [3.8, 4) is 0 Å². The van der Waals surface area contributed by atoms with E-state index in [1.54, 1.807) is 0 Å². The zero-order valence-electron chi connectivity index (χ0n) is 11.0. The summed E-state index contributed by atoms with van der Waals surface area (Å²) in [5.74, 6) is -1.34. The molecule has 3 nitrogen and oxygen atoms in total. The maximum absolute atomic E-state index is 13.6. The average Bonchev–Trinajstić information content (AvgIpc) is 2.35. The van der Waals surface area contributed by atoms with Crippen molar-refractivity contribution < 1.29 is 22.4 Å². The summed E-state index contributed by atoms with van der Waals surface area (Å²) in [6.07, 6.45) is -4.73. The molecule has 1 rings (SSSR count). The number of rotatable bonds is 6. The predicted molar refractivity (Wildman–Crippen MR) is 68.2 cm³/mol. The molecule has 1 aromatic carbocycles. The number of halogens is 4. The van der Waals surface area contributed by atoms with Gasteiger partial charge in [-0.05, 0) is 18.6 Å². The lowest BCUT2D eigenvalue weighted by Gasteiger charge is -2.13. The van der Waals surface area contributed by atoms with Crippen molar-refractivity contribution in [3.63, 3.8) is 0 Å². The molecule has 0 saturated heterocycles. The Morgan fingerprint density at radius 3 is 2.55 bits per heavy atom. The summed E-state index contributed by atoms with van der Waals surface area (Å²) in [7, 11) is 0. The fourth-order valence-electron chi connectivity index (χ4n) is 1.56. The number of benzene rings is 1. The van der Waals surface area contributed by atoms with E-state index >= 15 is 0 Å². The van der Waals surface area contributed by atoms with Gasteiger partial charge in [-0.15, -0.1) is 0 Å². The summed E-state index contributed by atoms with van der Waals surface area (Å²) in [6.45, 7) is 1.80. The number of anilines is 1. The lowest BCUT2D eigenvalue weighted by Crippen LogP contribution is -2.28. The lowest BCUT2D eigenvalue weighted by atomic mass is 10.1. The fraction of sp³-hybridized carbons (Fsp3) is 0.462. The van der Waals surface area contributed by atoms with Crippen LogP contribution in [0.2, 0.25) is 0 Å². The van der Waals surface area contributed by atoms with E-state index in [9.17, 15) is 22.4 Å². The largest absolute Gasteiger partial charge is 0.390 e. The minimum absolute atomic E-state index is 0.000578. The second-order valence-corrected chi connectivity index (χ2v) is 4.21. The summed E-state index contributed by atoms with van der Waals surface area (Å²) in [5.41, 5.74) is 0.0134. The first-order valence-electron chi connectivity index (χ1n) is 6.22. The van der Waals surface area contributed by atoms with Crippen LogP contribution >= 0.6 is 0 Å². The Morgan fingerprint density at radius 1 is 1.25 bits per heavy atom. The lowest BCUT2D eigenvalue weighted by molar-refractivity contribution is -0.132. The Bertz CT molecular complexity index is 460. The van der Waals surface area contributed by atoms with Gasteiger partial charge in [0.15, 0.2) is 0 Å². The van der Waals surface area contributed by atoms with Gasteiger partial charge in [0, 0.05) is 13.1 Å². The van der Waals surface area contributed by atoms with Gasteiger partial charge in [0.25, 0.3) is 5.91 Å². The standard InChI is InChI=1S/C13H16F4N2O/c1-2-7-18-11-9(4-3-5-10(11)14)12(20)19-8-6-13(15,16)17/h3-5,18H,2,6-8H2,1H3,(H,19,20). The van der Waals surface area contributed by atoms with Crippen LogP contribution in [0.4, 0.5) is 23.2 Å². The zero-order chi connectivity index (χ0) is 15.2. The predicted octanol–water partition coefficient (Wildman–Crippen LogP) is 3.33. The number of alkyl halides is 3. The van der Waals surface area contributed by atoms with Gasteiger partial charge in [-0.25, -0.2) is 4.39 Å².